The average Bonchev–Trinajstić information content (AvgIpc) is 2.88. The lowest BCUT2D eigenvalue weighted by Crippen LogP contribution is -2.13. The molecule has 0 aliphatic carbocycles. The van der Waals surface area contributed by atoms with Crippen molar-refractivity contribution in [2.75, 3.05) is 7.11 Å². The summed E-state index contributed by atoms with van der Waals surface area (Å²) in [6.07, 6.45) is 2.28. The first kappa shape index (κ1) is 13.3. The molecule has 2 aromatic rings. The molecule has 7 heteroatoms. The van der Waals surface area contributed by atoms with Crippen LogP contribution in [0, 0.1) is 6.92 Å². The number of carbonyl (C=O) groups excluding carboxylic acids is 1. The predicted molar refractivity (Wildman–Crippen MR) is 67.3 cm³/mol. The predicted octanol–water partition coefficient (Wildman–Crippen LogP) is 1.22. The van der Waals surface area contributed by atoms with Crippen LogP contribution in [0.1, 0.15) is 15.9 Å². The maximum absolute atomic E-state index is 12.2. The van der Waals surface area contributed by atoms with E-state index in [1.807, 2.05) is 6.92 Å². The second kappa shape index (κ2) is 4.85. The lowest BCUT2D eigenvalue weighted by Gasteiger charge is -2.04. The van der Waals surface area contributed by atoms with E-state index in [-0.39, 0.29) is 10.5 Å². The van der Waals surface area contributed by atoms with Crippen LogP contribution in [0.3, 0.4) is 0 Å². The Hall–Kier alpha value is -2.15. The van der Waals surface area contributed by atoms with Crippen molar-refractivity contribution in [1.29, 1.82) is 0 Å². The molecule has 0 N–H and O–H groups in total. The van der Waals surface area contributed by atoms with Gasteiger partial charge in [0.2, 0.25) is 0 Å². The Balaban J connectivity index is 2.42. The molecule has 1 aromatic carbocycles. The molecule has 0 aliphatic rings. The minimum Gasteiger partial charge on any atom is -0.465 e. The maximum Gasteiger partial charge on any atom is 0.341 e. The second-order valence-corrected chi connectivity index (χ2v) is 5.71. The molecule has 0 fully saturated rings. The minimum absolute atomic E-state index is 0.0817. The Kier molecular flexibility index (Phi) is 3.39. The molecule has 6 nitrogen and oxygen atoms in total. The van der Waals surface area contributed by atoms with Gasteiger partial charge in [-0.3, -0.25) is 0 Å². The largest absolute Gasteiger partial charge is 0.465 e. The van der Waals surface area contributed by atoms with Crippen molar-refractivity contribution >= 4 is 16.0 Å². The molecule has 1 aromatic heterocycles. The van der Waals surface area contributed by atoms with Gasteiger partial charge in [-0.05, 0) is 19.1 Å². The van der Waals surface area contributed by atoms with Gasteiger partial charge in [-0.1, -0.05) is 17.7 Å². The summed E-state index contributed by atoms with van der Waals surface area (Å²) in [6.45, 7) is 1.86. The van der Waals surface area contributed by atoms with Gasteiger partial charge in [0.15, 0.2) is 0 Å². The molecule has 0 saturated heterocycles. The number of aryl methyl sites for hydroxylation is 1. The molecular formula is C12H12N2O4S. The number of hydrogen-bond donors (Lipinski definition) is 0. The molecule has 0 aliphatic heterocycles. The Morgan fingerprint density at radius 3 is 2.47 bits per heavy atom. The molecule has 0 radical (unpaired) electrons. The number of rotatable bonds is 3. The number of esters is 1. The fourth-order valence-electron chi connectivity index (χ4n) is 1.48. The quantitative estimate of drug-likeness (QED) is 0.790. The van der Waals surface area contributed by atoms with Gasteiger partial charge in [-0.25, -0.2) is 4.79 Å². The Bertz CT molecular complexity index is 702. The molecule has 0 bridgehead atoms. The number of nitrogens with zero attached hydrogens (tertiary/aromatic N) is 2. The van der Waals surface area contributed by atoms with Crippen molar-refractivity contribution in [3.05, 3.63) is 47.8 Å². The number of benzene rings is 1. The average molecular weight is 280 g/mol. The lowest BCUT2D eigenvalue weighted by atomic mass is 10.2. The first-order valence-electron chi connectivity index (χ1n) is 5.40. The van der Waals surface area contributed by atoms with Crippen LogP contribution < -0.4 is 0 Å². The van der Waals surface area contributed by atoms with Crippen molar-refractivity contribution in [3.63, 3.8) is 0 Å². The topological polar surface area (TPSA) is 78.3 Å². The third kappa shape index (κ3) is 2.50. The first-order chi connectivity index (χ1) is 8.95. The zero-order valence-corrected chi connectivity index (χ0v) is 11.2. The Morgan fingerprint density at radius 1 is 1.26 bits per heavy atom. The van der Waals surface area contributed by atoms with Gasteiger partial charge in [-0.2, -0.15) is 17.6 Å². The number of aromatic nitrogens is 2. The van der Waals surface area contributed by atoms with Crippen LogP contribution in [0.4, 0.5) is 0 Å². The Labute approximate surface area is 110 Å². The molecule has 19 heavy (non-hydrogen) atoms. The third-order valence-electron chi connectivity index (χ3n) is 2.55. The van der Waals surface area contributed by atoms with E-state index in [1.165, 1.54) is 19.2 Å². The summed E-state index contributed by atoms with van der Waals surface area (Å²) in [5.74, 6) is -0.634. The zero-order chi connectivity index (χ0) is 14.0. The molecule has 1 heterocycles. The van der Waals surface area contributed by atoms with Crippen LogP contribution in [-0.4, -0.2) is 30.7 Å². The minimum atomic E-state index is -3.78. The van der Waals surface area contributed by atoms with Gasteiger partial charge in [0.1, 0.15) is 0 Å². The molecule has 0 saturated carbocycles. The molecule has 100 valence electrons. The Morgan fingerprint density at radius 2 is 1.89 bits per heavy atom. The SMILES string of the molecule is COC(=O)c1cnn(S(=O)(=O)c2ccc(C)cc2)c1. The zero-order valence-electron chi connectivity index (χ0n) is 10.4. The molecular weight excluding hydrogens is 268 g/mol. The smallest absolute Gasteiger partial charge is 0.341 e. The summed E-state index contributed by atoms with van der Waals surface area (Å²) in [5.41, 5.74) is 1.04. The monoisotopic (exact) mass is 280 g/mol. The lowest BCUT2D eigenvalue weighted by molar-refractivity contribution is 0.0601. The highest BCUT2D eigenvalue weighted by Gasteiger charge is 2.19. The van der Waals surface area contributed by atoms with E-state index in [1.54, 1.807) is 12.1 Å². The van der Waals surface area contributed by atoms with E-state index in [4.69, 9.17) is 0 Å². The van der Waals surface area contributed by atoms with Crippen LogP contribution in [0.25, 0.3) is 0 Å². The van der Waals surface area contributed by atoms with Crippen molar-refractivity contribution in [2.45, 2.75) is 11.8 Å². The normalized spacial score (nSPS) is 11.3. The molecule has 0 amide bonds. The standard InChI is InChI=1S/C12H12N2O4S/c1-9-3-5-11(6-4-9)19(16,17)14-8-10(7-13-14)12(15)18-2/h3-8H,1-2H3. The van der Waals surface area contributed by atoms with Gasteiger partial charge in [0.25, 0.3) is 10.0 Å². The highest BCUT2D eigenvalue weighted by Crippen LogP contribution is 2.14. The van der Waals surface area contributed by atoms with E-state index < -0.39 is 16.0 Å². The number of methoxy groups -OCH3 is 1. The van der Waals surface area contributed by atoms with Crippen LogP contribution in [0.15, 0.2) is 41.6 Å². The van der Waals surface area contributed by atoms with Gasteiger partial charge in [0.05, 0.1) is 30.0 Å². The number of ether oxygens (including phenoxy) is 1. The van der Waals surface area contributed by atoms with E-state index in [2.05, 4.69) is 9.84 Å². The summed E-state index contributed by atoms with van der Waals surface area (Å²) >= 11 is 0. The second-order valence-electron chi connectivity index (χ2n) is 3.91. The van der Waals surface area contributed by atoms with Crippen molar-refractivity contribution in [1.82, 2.24) is 9.19 Å². The van der Waals surface area contributed by atoms with E-state index >= 15 is 0 Å². The summed E-state index contributed by atoms with van der Waals surface area (Å²) in [6, 6.07) is 6.36. The number of hydrogen-bond acceptors (Lipinski definition) is 5. The van der Waals surface area contributed by atoms with Gasteiger partial charge in [-0.15, -0.1) is 0 Å². The fourth-order valence-corrected chi connectivity index (χ4v) is 2.60. The maximum atomic E-state index is 12.2. The molecule has 0 unspecified atom stereocenters. The molecule has 0 atom stereocenters. The highest BCUT2D eigenvalue weighted by atomic mass is 32.2. The van der Waals surface area contributed by atoms with E-state index in [9.17, 15) is 13.2 Å². The van der Waals surface area contributed by atoms with Gasteiger partial charge < -0.3 is 4.74 Å². The van der Waals surface area contributed by atoms with E-state index in [0.29, 0.717) is 0 Å². The fraction of sp³-hybridized carbons (Fsp3) is 0.167. The van der Waals surface area contributed by atoms with Crippen LogP contribution >= 0.6 is 0 Å². The number of carbonyl (C=O) groups is 1. The van der Waals surface area contributed by atoms with Crippen LogP contribution in [-0.2, 0) is 14.8 Å². The summed E-state index contributed by atoms with van der Waals surface area (Å²) in [4.78, 5) is 11.4. The first-order valence-corrected chi connectivity index (χ1v) is 6.84. The van der Waals surface area contributed by atoms with Crippen molar-refractivity contribution in [2.24, 2.45) is 0 Å². The molecule has 0 spiro atoms. The van der Waals surface area contributed by atoms with Gasteiger partial charge >= 0.3 is 5.97 Å². The summed E-state index contributed by atoms with van der Waals surface area (Å²) < 4.78 is 29.7. The molecule has 2 rings (SSSR count). The van der Waals surface area contributed by atoms with Crippen LogP contribution in [0.2, 0.25) is 0 Å². The highest BCUT2D eigenvalue weighted by molar-refractivity contribution is 7.89. The van der Waals surface area contributed by atoms with Gasteiger partial charge in [0, 0.05) is 0 Å². The van der Waals surface area contributed by atoms with Crippen molar-refractivity contribution in [3.8, 4) is 0 Å². The summed E-state index contributed by atoms with van der Waals surface area (Å²) in [7, 11) is -2.56. The summed E-state index contributed by atoms with van der Waals surface area (Å²) in [5, 5.41) is 3.68. The van der Waals surface area contributed by atoms with Crippen molar-refractivity contribution < 1.29 is 17.9 Å². The van der Waals surface area contributed by atoms with E-state index in [0.717, 1.165) is 22.0 Å². The third-order valence-corrected chi connectivity index (χ3v) is 4.11. The van der Waals surface area contributed by atoms with Crippen LogP contribution in [0.5, 0.6) is 0 Å².